The van der Waals surface area contributed by atoms with Gasteiger partial charge in [-0.2, -0.15) is 0 Å². The number of sulfonamides is 1. The molecule has 3 N–H and O–H groups in total. The summed E-state index contributed by atoms with van der Waals surface area (Å²) in [4.78, 5) is 5.46. The molecule has 25 heavy (non-hydrogen) atoms. The molecule has 0 aliphatic carbocycles. The maximum atomic E-state index is 11.4. The number of nitrogens with zero attached hydrogens (tertiary/aromatic N) is 1. The van der Waals surface area contributed by atoms with Gasteiger partial charge in [-0.3, -0.25) is 0 Å². The third-order valence-electron chi connectivity index (χ3n) is 3.88. The molecule has 0 amide bonds. The van der Waals surface area contributed by atoms with Crippen LogP contribution in [0.3, 0.4) is 0 Å². The van der Waals surface area contributed by atoms with Crippen LogP contribution in [0.15, 0.2) is 58.9 Å². The minimum Gasteiger partial charge on any atom is -0.386 e. The molecule has 2 aromatic carbocycles. The number of benzene rings is 2. The number of rotatable bonds is 4. The van der Waals surface area contributed by atoms with Crippen LogP contribution in [0, 0.1) is 0 Å². The van der Waals surface area contributed by atoms with Gasteiger partial charge in [-0.15, -0.1) is 11.3 Å². The van der Waals surface area contributed by atoms with Gasteiger partial charge in [-0.25, -0.2) is 18.5 Å². The second kappa shape index (κ2) is 6.34. The molecular formula is C18H18N2O3S2. The topological polar surface area (TPSA) is 93.3 Å². The molecule has 0 spiro atoms. The maximum absolute atomic E-state index is 11.4. The van der Waals surface area contributed by atoms with Gasteiger partial charge in [-0.1, -0.05) is 36.4 Å². The lowest BCUT2D eigenvalue weighted by Crippen LogP contribution is -2.14. The molecule has 3 rings (SSSR count). The van der Waals surface area contributed by atoms with Crippen LogP contribution in [0.25, 0.3) is 21.7 Å². The standard InChI is InChI=1S/C18H18N2O3S2/c1-18(2,21)14-7-3-12(4-8-14)16-17(24-11-20-16)13-5-9-15(10-6-13)25(19,22)23/h3-11,21H,1-2H3,(H2,19,22,23). The van der Waals surface area contributed by atoms with Crippen LogP contribution < -0.4 is 5.14 Å². The molecule has 1 aromatic heterocycles. The Morgan fingerprint density at radius 1 is 1.00 bits per heavy atom. The van der Waals surface area contributed by atoms with Gasteiger partial charge in [0.1, 0.15) is 0 Å². The molecule has 0 aliphatic rings. The number of aliphatic hydroxyl groups is 1. The van der Waals surface area contributed by atoms with E-state index < -0.39 is 15.6 Å². The summed E-state index contributed by atoms with van der Waals surface area (Å²) in [7, 11) is -3.71. The number of primary sulfonamides is 1. The molecule has 1 heterocycles. The van der Waals surface area contributed by atoms with Crippen molar-refractivity contribution in [2.24, 2.45) is 5.14 Å². The van der Waals surface area contributed by atoms with E-state index >= 15 is 0 Å². The first-order chi connectivity index (χ1) is 11.7. The van der Waals surface area contributed by atoms with Gasteiger partial charge in [0.25, 0.3) is 0 Å². The second-order valence-electron chi connectivity index (χ2n) is 6.24. The fourth-order valence-corrected chi connectivity index (χ4v) is 3.82. The highest BCUT2D eigenvalue weighted by molar-refractivity contribution is 7.89. The van der Waals surface area contributed by atoms with Crippen molar-refractivity contribution in [3.8, 4) is 21.7 Å². The largest absolute Gasteiger partial charge is 0.386 e. The van der Waals surface area contributed by atoms with Crippen molar-refractivity contribution in [1.29, 1.82) is 0 Å². The number of hydrogen-bond donors (Lipinski definition) is 2. The lowest BCUT2D eigenvalue weighted by molar-refractivity contribution is 0.0786. The number of aromatic nitrogens is 1. The van der Waals surface area contributed by atoms with Gasteiger partial charge in [0, 0.05) is 5.56 Å². The predicted octanol–water partition coefficient (Wildman–Crippen LogP) is 3.35. The van der Waals surface area contributed by atoms with Gasteiger partial charge in [-0.05, 0) is 37.1 Å². The Morgan fingerprint density at radius 2 is 1.56 bits per heavy atom. The molecule has 0 radical (unpaired) electrons. The van der Waals surface area contributed by atoms with Gasteiger partial charge >= 0.3 is 0 Å². The molecule has 0 atom stereocenters. The first kappa shape index (κ1) is 17.8. The van der Waals surface area contributed by atoms with Gasteiger partial charge in [0.2, 0.25) is 10.0 Å². The third kappa shape index (κ3) is 3.80. The van der Waals surface area contributed by atoms with Crippen LogP contribution >= 0.6 is 11.3 Å². The molecule has 5 nitrogen and oxygen atoms in total. The summed E-state index contributed by atoms with van der Waals surface area (Å²) in [6.07, 6.45) is 0. The summed E-state index contributed by atoms with van der Waals surface area (Å²) in [5.74, 6) is 0. The fraction of sp³-hybridized carbons (Fsp3) is 0.167. The van der Waals surface area contributed by atoms with Crippen molar-refractivity contribution in [2.45, 2.75) is 24.3 Å². The average molecular weight is 374 g/mol. The Morgan fingerprint density at radius 3 is 2.08 bits per heavy atom. The van der Waals surface area contributed by atoms with E-state index in [1.165, 1.54) is 23.5 Å². The van der Waals surface area contributed by atoms with Crippen LogP contribution in [-0.4, -0.2) is 18.5 Å². The fourth-order valence-electron chi connectivity index (χ4n) is 2.49. The van der Waals surface area contributed by atoms with Crippen LogP contribution in [0.5, 0.6) is 0 Å². The van der Waals surface area contributed by atoms with E-state index in [9.17, 15) is 13.5 Å². The van der Waals surface area contributed by atoms with Gasteiger partial charge in [0.15, 0.2) is 0 Å². The van der Waals surface area contributed by atoms with E-state index in [2.05, 4.69) is 4.98 Å². The Kier molecular flexibility index (Phi) is 4.51. The van der Waals surface area contributed by atoms with Crippen molar-refractivity contribution < 1.29 is 13.5 Å². The zero-order chi connectivity index (χ0) is 18.2. The third-order valence-corrected chi connectivity index (χ3v) is 5.68. The van der Waals surface area contributed by atoms with E-state index in [4.69, 9.17) is 5.14 Å². The van der Waals surface area contributed by atoms with E-state index in [1.54, 1.807) is 31.5 Å². The molecule has 3 aromatic rings. The van der Waals surface area contributed by atoms with E-state index in [0.717, 1.165) is 27.3 Å². The van der Waals surface area contributed by atoms with Gasteiger partial charge in [0.05, 0.1) is 26.6 Å². The molecule has 130 valence electrons. The summed E-state index contributed by atoms with van der Waals surface area (Å²) < 4.78 is 22.8. The maximum Gasteiger partial charge on any atom is 0.238 e. The molecule has 0 saturated carbocycles. The summed E-state index contributed by atoms with van der Waals surface area (Å²) in [5, 5.41) is 15.2. The van der Waals surface area contributed by atoms with Crippen molar-refractivity contribution >= 4 is 21.4 Å². The Labute approximate surface area is 150 Å². The van der Waals surface area contributed by atoms with Crippen LogP contribution in [0.4, 0.5) is 0 Å². The smallest absolute Gasteiger partial charge is 0.238 e. The zero-order valence-electron chi connectivity index (χ0n) is 13.8. The normalized spacial score (nSPS) is 12.3. The van der Waals surface area contributed by atoms with Crippen molar-refractivity contribution in [1.82, 2.24) is 4.98 Å². The second-order valence-corrected chi connectivity index (χ2v) is 8.65. The summed E-state index contributed by atoms with van der Waals surface area (Å²) in [5.41, 5.74) is 4.30. The van der Waals surface area contributed by atoms with Crippen LogP contribution in [0.1, 0.15) is 19.4 Å². The summed E-state index contributed by atoms with van der Waals surface area (Å²) in [6, 6.07) is 14.0. The molecular weight excluding hydrogens is 356 g/mol. The highest BCUT2D eigenvalue weighted by Crippen LogP contribution is 2.35. The number of nitrogens with two attached hydrogens (primary N) is 1. The highest BCUT2D eigenvalue weighted by Gasteiger charge is 2.17. The summed E-state index contributed by atoms with van der Waals surface area (Å²) in [6.45, 7) is 3.48. The summed E-state index contributed by atoms with van der Waals surface area (Å²) >= 11 is 1.48. The molecule has 7 heteroatoms. The first-order valence-electron chi connectivity index (χ1n) is 7.56. The molecule has 0 fully saturated rings. The van der Waals surface area contributed by atoms with Gasteiger partial charge < -0.3 is 5.11 Å². The van der Waals surface area contributed by atoms with E-state index in [-0.39, 0.29) is 4.90 Å². The van der Waals surface area contributed by atoms with Crippen molar-refractivity contribution in [2.75, 3.05) is 0 Å². The van der Waals surface area contributed by atoms with Crippen molar-refractivity contribution in [3.63, 3.8) is 0 Å². The first-order valence-corrected chi connectivity index (χ1v) is 9.99. The Balaban J connectivity index is 1.98. The monoisotopic (exact) mass is 374 g/mol. The quantitative estimate of drug-likeness (QED) is 0.732. The van der Waals surface area contributed by atoms with Crippen LogP contribution in [0.2, 0.25) is 0 Å². The van der Waals surface area contributed by atoms with Crippen molar-refractivity contribution in [3.05, 3.63) is 59.6 Å². The predicted molar refractivity (Wildman–Crippen MR) is 99.6 cm³/mol. The average Bonchev–Trinajstić information content (AvgIpc) is 3.03. The Hall–Kier alpha value is -2.06. The number of thiazole rings is 1. The minimum atomic E-state index is -3.71. The molecule has 0 saturated heterocycles. The lowest BCUT2D eigenvalue weighted by Gasteiger charge is -2.17. The minimum absolute atomic E-state index is 0.0804. The molecule has 0 bridgehead atoms. The molecule has 0 aliphatic heterocycles. The van der Waals surface area contributed by atoms with E-state index in [1.807, 2.05) is 24.3 Å². The van der Waals surface area contributed by atoms with Crippen LogP contribution in [-0.2, 0) is 15.6 Å². The lowest BCUT2D eigenvalue weighted by atomic mass is 9.96. The zero-order valence-corrected chi connectivity index (χ0v) is 15.4. The SMILES string of the molecule is CC(C)(O)c1ccc(-c2ncsc2-c2ccc(S(N)(=O)=O)cc2)cc1. The highest BCUT2D eigenvalue weighted by atomic mass is 32.2. The van der Waals surface area contributed by atoms with E-state index in [0.29, 0.717) is 0 Å². The Bertz CT molecular complexity index is 984. The molecule has 0 unspecified atom stereocenters. The number of hydrogen-bond acceptors (Lipinski definition) is 5.